The highest BCUT2D eigenvalue weighted by Crippen LogP contribution is 2.28. The van der Waals surface area contributed by atoms with Crippen LogP contribution in [-0.2, 0) is 0 Å². The van der Waals surface area contributed by atoms with Crippen molar-refractivity contribution in [1.82, 2.24) is 0 Å². The second-order valence-electron chi connectivity index (χ2n) is 3.48. The van der Waals surface area contributed by atoms with Gasteiger partial charge in [0.25, 0.3) is 0 Å². The minimum absolute atomic E-state index is 0.657. The maximum atomic E-state index is 5.74. The Kier molecular flexibility index (Phi) is 3.99. The summed E-state index contributed by atoms with van der Waals surface area (Å²) in [5, 5.41) is 0. The zero-order valence-electron chi connectivity index (χ0n) is 7.11. The van der Waals surface area contributed by atoms with Gasteiger partial charge in [0.15, 0.2) is 0 Å². The summed E-state index contributed by atoms with van der Waals surface area (Å²) in [6, 6.07) is 0. The molecular formula is C10H17Cl. The van der Waals surface area contributed by atoms with Crippen LogP contribution in [0.3, 0.4) is 0 Å². The summed E-state index contributed by atoms with van der Waals surface area (Å²) < 4.78 is 0. The average molecular weight is 173 g/mol. The molecule has 0 amide bonds. The van der Waals surface area contributed by atoms with E-state index < -0.39 is 0 Å². The Hall–Kier alpha value is 0.0300. The van der Waals surface area contributed by atoms with Gasteiger partial charge in [0.1, 0.15) is 0 Å². The summed E-state index contributed by atoms with van der Waals surface area (Å²) in [5.41, 5.74) is 1.26. The van der Waals surface area contributed by atoms with E-state index in [0.29, 0.717) is 5.88 Å². The van der Waals surface area contributed by atoms with Crippen LogP contribution in [0.25, 0.3) is 0 Å². The second-order valence-corrected chi connectivity index (χ2v) is 3.75. The lowest BCUT2D eigenvalue weighted by Crippen LogP contribution is -2.02. The Morgan fingerprint density at radius 1 is 1.18 bits per heavy atom. The summed E-state index contributed by atoms with van der Waals surface area (Å²) in [6.45, 7) is 4.01. The Labute approximate surface area is 74.6 Å². The van der Waals surface area contributed by atoms with Crippen molar-refractivity contribution in [2.45, 2.75) is 38.5 Å². The van der Waals surface area contributed by atoms with Crippen LogP contribution in [0.2, 0.25) is 0 Å². The predicted octanol–water partition coefficient (Wildman–Crippen LogP) is 3.75. The van der Waals surface area contributed by atoms with E-state index in [9.17, 15) is 0 Å². The molecule has 1 fully saturated rings. The highest BCUT2D eigenvalue weighted by atomic mass is 35.5. The van der Waals surface area contributed by atoms with Crippen molar-refractivity contribution in [3.8, 4) is 0 Å². The number of alkyl halides is 1. The van der Waals surface area contributed by atoms with E-state index in [1.807, 2.05) is 0 Å². The molecule has 0 aromatic rings. The van der Waals surface area contributed by atoms with Crippen LogP contribution < -0.4 is 0 Å². The molecule has 0 nitrogen and oxygen atoms in total. The first-order valence-electron chi connectivity index (χ1n) is 4.58. The lowest BCUT2D eigenvalue weighted by molar-refractivity contribution is 0.533. The third-order valence-corrected chi connectivity index (χ3v) is 2.95. The van der Waals surface area contributed by atoms with Gasteiger partial charge in [0.2, 0.25) is 0 Å². The fraction of sp³-hybridized carbons (Fsp3) is 0.800. The molecule has 0 N–H and O–H groups in total. The van der Waals surface area contributed by atoms with Crippen LogP contribution in [0.5, 0.6) is 0 Å². The topological polar surface area (TPSA) is 0 Å². The molecule has 0 radical (unpaired) electrons. The van der Waals surface area contributed by atoms with Crippen molar-refractivity contribution in [2.24, 2.45) is 5.92 Å². The van der Waals surface area contributed by atoms with Gasteiger partial charge in [-0.25, -0.2) is 0 Å². The molecule has 0 spiro atoms. The standard InChI is InChI=1S/C10H17Cl/c1-9(8-11)10-6-4-2-3-5-7-10/h10H,1-8H2. The molecule has 64 valence electrons. The van der Waals surface area contributed by atoms with Gasteiger partial charge in [0.05, 0.1) is 0 Å². The van der Waals surface area contributed by atoms with Crippen molar-refractivity contribution >= 4 is 11.6 Å². The maximum absolute atomic E-state index is 5.74. The van der Waals surface area contributed by atoms with Gasteiger partial charge < -0.3 is 0 Å². The van der Waals surface area contributed by atoms with Crippen LogP contribution in [0.4, 0.5) is 0 Å². The van der Waals surface area contributed by atoms with Gasteiger partial charge in [0, 0.05) is 5.88 Å². The van der Waals surface area contributed by atoms with Crippen molar-refractivity contribution in [1.29, 1.82) is 0 Å². The van der Waals surface area contributed by atoms with Crippen LogP contribution in [0, 0.1) is 5.92 Å². The third-order valence-electron chi connectivity index (χ3n) is 2.60. The van der Waals surface area contributed by atoms with E-state index in [4.69, 9.17) is 11.6 Å². The summed E-state index contributed by atoms with van der Waals surface area (Å²) >= 11 is 5.74. The first kappa shape index (κ1) is 9.12. The van der Waals surface area contributed by atoms with Crippen LogP contribution in [0.1, 0.15) is 38.5 Å². The minimum Gasteiger partial charge on any atom is -0.122 e. The van der Waals surface area contributed by atoms with Crippen LogP contribution in [0.15, 0.2) is 12.2 Å². The molecule has 0 saturated heterocycles. The highest BCUT2D eigenvalue weighted by molar-refractivity contribution is 6.19. The van der Waals surface area contributed by atoms with Crippen molar-refractivity contribution in [3.05, 3.63) is 12.2 Å². The predicted molar refractivity (Wildman–Crippen MR) is 51.1 cm³/mol. The van der Waals surface area contributed by atoms with E-state index in [-0.39, 0.29) is 0 Å². The fourth-order valence-electron chi connectivity index (χ4n) is 1.80. The van der Waals surface area contributed by atoms with Gasteiger partial charge >= 0.3 is 0 Å². The Balaban J connectivity index is 2.36. The zero-order chi connectivity index (χ0) is 8.10. The summed E-state index contributed by atoms with van der Waals surface area (Å²) in [6.07, 6.45) is 8.22. The second kappa shape index (κ2) is 4.82. The van der Waals surface area contributed by atoms with Crippen LogP contribution in [-0.4, -0.2) is 5.88 Å². The van der Waals surface area contributed by atoms with Crippen molar-refractivity contribution in [3.63, 3.8) is 0 Å². The molecule has 0 aromatic heterocycles. The van der Waals surface area contributed by atoms with Crippen molar-refractivity contribution in [2.75, 3.05) is 5.88 Å². The average Bonchev–Trinajstić information content (AvgIpc) is 2.30. The van der Waals surface area contributed by atoms with Gasteiger partial charge in [-0.15, -0.1) is 11.6 Å². The Bertz CT molecular complexity index is 121. The molecule has 1 saturated carbocycles. The lowest BCUT2D eigenvalue weighted by atomic mass is 9.94. The quantitative estimate of drug-likeness (QED) is 0.338. The molecule has 0 aliphatic heterocycles. The molecule has 0 unspecified atom stereocenters. The first-order chi connectivity index (χ1) is 5.34. The smallest absolute Gasteiger partial charge is 0.0433 e. The Morgan fingerprint density at radius 3 is 2.18 bits per heavy atom. The van der Waals surface area contributed by atoms with Gasteiger partial charge in [-0.1, -0.05) is 37.8 Å². The molecule has 0 bridgehead atoms. The highest BCUT2D eigenvalue weighted by Gasteiger charge is 2.13. The third kappa shape index (κ3) is 2.86. The molecule has 0 aromatic carbocycles. The molecule has 1 rings (SSSR count). The number of hydrogen-bond acceptors (Lipinski definition) is 0. The SMILES string of the molecule is C=C(CCl)C1CCCCCC1. The number of hydrogen-bond donors (Lipinski definition) is 0. The zero-order valence-corrected chi connectivity index (χ0v) is 7.87. The molecule has 0 atom stereocenters. The first-order valence-corrected chi connectivity index (χ1v) is 5.11. The largest absolute Gasteiger partial charge is 0.122 e. The monoisotopic (exact) mass is 172 g/mol. The van der Waals surface area contributed by atoms with E-state index in [1.54, 1.807) is 0 Å². The summed E-state index contributed by atoms with van der Waals surface area (Å²) in [5.74, 6) is 1.39. The van der Waals surface area contributed by atoms with E-state index in [2.05, 4.69) is 6.58 Å². The molecule has 11 heavy (non-hydrogen) atoms. The lowest BCUT2D eigenvalue weighted by Gasteiger charge is -2.14. The summed E-state index contributed by atoms with van der Waals surface area (Å²) in [4.78, 5) is 0. The molecular weight excluding hydrogens is 156 g/mol. The van der Waals surface area contributed by atoms with Crippen LogP contribution >= 0.6 is 11.6 Å². The Morgan fingerprint density at radius 2 is 1.73 bits per heavy atom. The maximum Gasteiger partial charge on any atom is 0.0433 e. The number of allylic oxidation sites excluding steroid dienone is 1. The van der Waals surface area contributed by atoms with Gasteiger partial charge in [-0.3, -0.25) is 0 Å². The van der Waals surface area contributed by atoms with E-state index >= 15 is 0 Å². The van der Waals surface area contributed by atoms with E-state index in [1.165, 1.54) is 44.1 Å². The molecule has 1 aliphatic carbocycles. The minimum atomic E-state index is 0.657. The van der Waals surface area contributed by atoms with Gasteiger partial charge in [-0.05, 0) is 18.8 Å². The van der Waals surface area contributed by atoms with E-state index in [0.717, 1.165) is 5.92 Å². The molecule has 1 heteroatoms. The van der Waals surface area contributed by atoms with Crippen molar-refractivity contribution < 1.29 is 0 Å². The normalized spacial score (nSPS) is 21.2. The number of halogens is 1. The molecule has 0 heterocycles. The summed E-state index contributed by atoms with van der Waals surface area (Å²) in [7, 11) is 0. The van der Waals surface area contributed by atoms with Gasteiger partial charge in [-0.2, -0.15) is 0 Å². The fourth-order valence-corrected chi connectivity index (χ4v) is 2.01. The molecule has 1 aliphatic rings. The number of rotatable bonds is 2.